The second-order valence-electron chi connectivity index (χ2n) is 5.90. The third kappa shape index (κ3) is 5.04. The molecule has 1 amide bonds. The van der Waals surface area contributed by atoms with Crippen LogP contribution in [-0.2, 0) is 4.79 Å². The second-order valence-corrected chi connectivity index (χ2v) is 5.90. The monoisotopic (exact) mass is 363 g/mol. The molecule has 0 radical (unpaired) electrons. The topological polar surface area (TPSA) is 64.6 Å². The van der Waals surface area contributed by atoms with Crippen LogP contribution in [0.2, 0.25) is 0 Å². The zero-order chi connectivity index (χ0) is 19.1. The first-order valence-electron chi connectivity index (χ1n) is 8.57. The fourth-order valence-corrected chi connectivity index (χ4v) is 2.42. The summed E-state index contributed by atoms with van der Waals surface area (Å²) >= 11 is 0. The normalized spacial score (nSPS) is 10.9. The van der Waals surface area contributed by atoms with Crippen LogP contribution in [0, 0.1) is 0 Å². The fourth-order valence-electron chi connectivity index (χ4n) is 2.42. The van der Waals surface area contributed by atoms with E-state index >= 15 is 0 Å². The lowest BCUT2D eigenvalue weighted by molar-refractivity contribution is -0.125. The summed E-state index contributed by atoms with van der Waals surface area (Å²) in [5.41, 5.74) is 2.27. The number of hydrogen-bond donors (Lipinski definition) is 0. The number of hydrogen-bond acceptors (Lipinski definition) is 5. The maximum absolute atomic E-state index is 12.2. The van der Waals surface area contributed by atoms with Crippen molar-refractivity contribution in [3.63, 3.8) is 0 Å². The first-order chi connectivity index (χ1) is 13.2. The molecule has 6 heteroatoms. The Bertz CT molecular complexity index is 939. The number of para-hydroxylation sites is 2. The smallest absolute Gasteiger partial charge is 0.246 e. The Hall–Kier alpha value is -3.41. The largest absolute Gasteiger partial charge is 0.497 e. The molecule has 2 aromatic carbocycles. The molecule has 0 saturated heterocycles. The number of rotatable bonds is 7. The van der Waals surface area contributed by atoms with Crippen LogP contribution in [0.1, 0.15) is 5.69 Å². The van der Waals surface area contributed by atoms with E-state index in [0.717, 1.165) is 22.5 Å². The number of carbonyl (C=O) groups is 1. The molecule has 0 aliphatic heterocycles. The molecule has 0 N–H and O–H groups in total. The van der Waals surface area contributed by atoms with Crippen LogP contribution in [0.15, 0.2) is 60.8 Å². The van der Waals surface area contributed by atoms with Crippen LogP contribution < -0.4 is 9.47 Å². The minimum Gasteiger partial charge on any atom is -0.497 e. The number of methoxy groups -OCH3 is 1. The summed E-state index contributed by atoms with van der Waals surface area (Å²) in [6, 6.07) is 14.9. The highest BCUT2D eigenvalue weighted by Crippen LogP contribution is 2.16. The summed E-state index contributed by atoms with van der Waals surface area (Å²) in [5, 5.41) is 0. The third-order valence-electron chi connectivity index (χ3n) is 3.99. The van der Waals surface area contributed by atoms with Crippen molar-refractivity contribution in [1.82, 2.24) is 14.9 Å². The molecule has 0 fully saturated rings. The van der Waals surface area contributed by atoms with Crippen molar-refractivity contribution in [1.29, 1.82) is 0 Å². The lowest BCUT2D eigenvalue weighted by Gasteiger charge is -2.15. The van der Waals surface area contributed by atoms with E-state index in [1.165, 1.54) is 6.08 Å². The molecular formula is C21H21N3O3. The Morgan fingerprint density at radius 1 is 1.07 bits per heavy atom. The van der Waals surface area contributed by atoms with Crippen molar-refractivity contribution >= 4 is 23.0 Å². The Morgan fingerprint density at radius 2 is 1.78 bits per heavy atom. The molecule has 1 aromatic heterocycles. The average Bonchev–Trinajstić information content (AvgIpc) is 2.72. The number of amides is 1. The van der Waals surface area contributed by atoms with Crippen LogP contribution in [0.25, 0.3) is 17.1 Å². The maximum atomic E-state index is 12.2. The number of fused-ring (bicyclic) bond motifs is 1. The highest BCUT2D eigenvalue weighted by Gasteiger charge is 2.05. The van der Waals surface area contributed by atoms with Gasteiger partial charge in [-0.1, -0.05) is 12.1 Å². The zero-order valence-electron chi connectivity index (χ0n) is 15.3. The third-order valence-corrected chi connectivity index (χ3v) is 3.99. The Kier molecular flexibility index (Phi) is 5.99. The van der Waals surface area contributed by atoms with Crippen molar-refractivity contribution < 1.29 is 14.3 Å². The van der Waals surface area contributed by atoms with Gasteiger partial charge in [0.25, 0.3) is 0 Å². The van der Waals surface area contributed by atoms with E-state index in [2.05, 4.69) is 9.97 Å². The zero-order valence-corrected chi connectivity index (χ0v) is 15.3. The molecule has 0 unspecified atom stereocenters. The van der Waals surface area contributed by atoms with Crippen molar-refractivity contribution in [2.24, 2.45) is 0 Å². The first kappa shape index (κ1) is 18.4. The van der Waals surface area contributed by atoms with Gasteiger partial charge in [-0.2, -0.15) is 0 Å². The van der Waals surface area contributed by atoms with Gasteiger partial charge in [-0.05, 0) is 42.5 Å². The van der Waals surface area contributed by atoms with Crippen LogP contribution in [0.3, 0.4) is 0 Å². The van der Waals surface area contributed by atoms with Gasteiger partial charge in [0, 0.05) is 13.1 Å². The van der Waals surface area contributed by atoms with E-state index in [0.29, 0.717) is 18.8 Å². The number of nitrogens with zero attached hydrogens (tertiary/aromatic N) is 3. The van der Waals surface area contributed by atoms with Crippen molar-refractivity contribution in [2.45, 2.75) is 0 Å². The van der Waals surface area contributed by atoms with Gasteiger partial charge in [-0.3, -0.25) is 9.78 Å². The van der Waals surface area contributed by atoms with E-state index in [4.69, 9.17) is 9.47 Å². The summed E-state index contributed by atoms with van der Waals surface area (Å²) in [4.78, 5) is 22.6. The number of ether oxygens (including phenoxy) is 2. The van der Waals surface area contributed by atoms with Crippen LogP contribution in [-0.4, -0.2) is 48.1 Å². The average molecular weight is 363 g/mol. The fraction of sp³-hybridized carbons (Fsp3) is 0.190. The summed E-state index contributed by atoms with van der Waals surface area (Å²) in [6.45, 7) is 0.872. The summed E-state index contributed by atoms with van der Waals surface area (Å²) in [5.74, 6) is 1.39. The minimum absolute atomic E-state index is 0.122. The number of aromatic nitrogens is 2. The molecule has 3 rings (SSSR count). The van der Waals surface area contributed by atoms with Gasteiger partial charge in [-0.15, -0.1) is 0 Å². The Morgan fingerprint density at radius 3 is 2.52 bits per heavy atom. The van der Waals surface area contributed by atoms with Crippen molar-refractivity contribution in [3.05, 3.63) is 66.5 Å². The molecule has 0 aliphatic carbocycles. The quantitative estimate of drug-likeness (QED) is 0.603. The highest BCUT2D eigenvalue weighted by molar-refractivity contribution is 5.91. The molecule has 0 atom stereocenters. The van der Waals surface area contributed by atoms with E-state index in [1.54, 1.807) is 31.3 Å². The van der Waals surface area contributed by atoms with E-state index in [-0.39, 0.29) is 5.91 Å². The second kappa shape index (κ2) is 8.80. The van der Waals surface area contributed by atoms with Crippen LogP contribution in [0.5, 0.6) is 11.5 Å². The van der Waals surface area contributed by atoms with Gasteiger partial charge in [0.15, 0.2) is 0 Å². The predicted molar refractivity (Wildman–Crippen MR) is 105 cm³/mol. The molecule has 0 bridgehead atoms. The molecule has 0 aliphatic rings. The van der Waals surface area contributed by atoms with Gasteiger partial charge in [0.1, 0.15) is 18.1 Å². The van der Waals surface area contributed by atoms with Crippen LogP contribution >= 0.6 is 0 Å². The van der Waals surface area contributed by atoms with Crippen molar-refractivity contribution in [2.75, 3.05) is 27.3 Å². The van der Waals surface area contributed by atoms with Gasteiger partial charge >= 0.3 is 0 Å². The summed E-state index contributed by atoms with van der Waals surface area (Å²) in [7, 11) is 3.35. The number of carbonyl (C=O) groups excluding carboxylic acids is 1. The summed E-state index contributed by atoms with van der Waals surface area (Å²) in [6.07, 6.45) is 4.81. The van der Waals surface area contributed by atoms with Gasteiger partial charge < -0.3 is 14.4 Å². The predicted octanol–water partition coefficient (Wildman–Crippen LogP) is 3.19. The molecule has 0 spiro atoms. The molecule has 138 valence electrons. The standard InChI is InChI=1S/C21H21N3O3/c1-24(13-14-27-18-10-8-17(26-2)9-11-18)21(25)12-7-16-15-22-19-5-3-4-6-20(19)23-16/h3-12,15H,13-14H2,1-2H3/b12-7+. The van der Waals surface area contributed by atoms with E-state index in [9.17, 15) is 4.79 Å². The molecule has 3 aromatic rings. The molecule has 1 heterocycles. The highest BCUT2D eigenvalue weighted by atomic mass is 16.5. The van der Waals surface area contributed by atoms with Crippen molar-refractivity contribution in [3.8, 4) is 11.5 Å². The molecule has 0 saturated carbocycles. The lowest BCUT2D eigenvalue weighted by Crippen LogP contribution is -2.29. The maximum Gasteiger partial charge on any atom is 0.246 e. The summed E-state index contributed by atoms with van der Waals surface area (Å²) < 4.78 is 10.7. The van der Waals surface area contributed by atoms with E-state index < -0.39 is 0 Å². The lowest BCUT2D eigenvalue weighted by atomic mass is 10.3. The van der Waals surface area contributed by atoms with Gasteiger partial charge in [0.05, 0.1) is 36.6 Å². The first-order valence-corrected chi connectivity index (χ1v) is 8.57. The number of benzene rings is 2. The van der Waals surface area contributed by atoms with Gasteiger partial charge in [0.2, 0.25) is 5.91 Å². The molecular weight excluding hydrogens is 342 g/mol. The Balaban J connectivity index is 1.50. The van der Waals surface area contributed by atoms with Gasteiger partial charge in [-0.25, -0.2) is 4.98 Å². The molecule has 27 heavy (non-hydrogen) atoms. The number of likely N-dealkylation sites (N-methyl/N-ethyl adjacent to an activating group) is 1. The van der Waals surface area contributed by atoms with Crippen LogP contribution in [0.4, 0.5) is 0 Å². The van der Waals surface area contributed by atoms with E-state index in [1.807, 2.05) is 48.5 Å². The SMILES string of the molecule is COc1ccc(OCCN(C)C(=O)/C=C/c2cnc3ccccc3n2)cc1. The Labute approximate surface area is 158 Å². The molecule has 6 nitrogen and oxygen atoms in total. The minimum atomic E-state index is -0.122.